The lowest BCUT2D eigenvalue weighted by molar-refractivity contribution is -0.193. The van der Waals surface area contributed by atoms with E-state index < -0.39 is 12.3 Å². The van der Waals surface area contributed by atoms with Gasteiger partial charge in [-0.2, -0.15) is 0 Å². The number of unbranched alkanes of at least 4 members (excludes halogenated alkanes) is 1. The number of rotatable bonds is 14. The summed E-state index contributed by atoms with van der Waals surface area (Å²) in [5.74, 6) is 9.46. The van der Waals surface area contributed by atoms with Crippen LogP contribution in [0.3, 0.4) is 0 Å². The van der Waals surface area contributed by atoms with Gasteiger partial charge in [0.25, 0.3) is 0 Å². The lowest BCUT2D eigenvalue weighted by Crippen LogP contribution is -2.64. The maximum absolute atomic E-state index is 12.4. The van der Waals surface area contributed by atoms with Gasteiger partial charge in [-0.3, -0.25) is 5.32 Å². The molecule has 1 spiro atoms. The number of nitrogens with one attached hydrogen (secondary N) is 2. The second kappa shape index (κ2) is 25.2. The van der Waals surface area contributed by atoms with Crippen LogP contribution in [0.1, 0.15) is 151 Å². The SMILES string of the molecule is OCCCCOCNC1C=C2C#CC(CCc3ccc(O)c(Cc4cccc(O)c4)c3)CCCC3CC(O)C4C=Cc5c(c(CO)cc(O)c5OCc5cc(C67c8c9cccc8CCC6C6(CCCCC6)OCC7CC9)cc6cn(cc56)C(=C2CO3)N1)C4. The Morgan fingerprint density at radius 2 is 1.68 bits per heavy atom. The number of hydrogen-bond donors (Lipinski definition) is 8. The highest BCUT2D eigenvalue weighted by molar-refractivity contribution is 5.89. The fourth-order valence-corrected chi connectivity index (χ4v) is 17.0. The smallest absolute Gasteiger partial charge is 0.168 e. The molecule has 13 nitrogen and oxygen atoms in total. The minimum absolute atomic E-state index is 0.00744. The molecule has 4 aliphatic carbocycles. The molecule has 13 heteroatoms. The topological polar surface area (TPSA) is 187 Å². The Labute approximate surface area is 517 Å². The number of fused-ring (bicyclic) bond motifs is 3. The van der Waals surface area contributed by atoms with Gasteiger partial charge in [0.15, 0.2) is 11.5 Å². The first-order valence-corrected chi connectivity index (χ1v) is 32.8. The molecule has 0 radical (unpaired) electrons. The summed E-state index contributed by atoms with van der Waals surface area (Å²) in [7, 11) is 0. The molecule has 1 aromatic heterocycles. The van der Waals surface area contributed by atoms with Crippen molar-refractivity contribution in [2.24, 2.45) is 23.7 Å². The fourth-order valence-electron chi connectivity index (χ4n) is 17.0. The Morgan fingerprint density at radius 3 is 2.53 bits per heavy atom. The van der Waals surface area contributed by atoms with Crippen molar-refractivity contribution in [3.05, 3.63) is 176 Å². The largest absolute Gasteiger partial charge is 0.508 e. The number of aromatic hydroxyl groups is 3. The summed E-state index contributed by atoms with van der Waals surface area (Å²) in [6.45, 7) is 1.75. The third-order valence-electron chi connectivity index (χ3n) is 21.3. The Morgan fingerprint density at radius 1 is 0.818 bits per heavy atom. The molecular formula is C75H85N3O10. The van der Waals surface area contributed by atoms with E-state index in [2.05, 4.69) is 81.9 Å². The van der Waals surface area contributed by atoms with Gasteiger partial charge in [0.2, 0.25) is 0 Å². The molecule has 8 N–H and O–H groups in total. The Hall–Kier alpha value is -6.86. The molecule has 5 aliphatic heterocycles. The van der Waals surface area contributed by atoms with Crippen LogP contribution >= 0.6 is 0 Å². The quantitative estimate of drug-likeness (QED) is 0.0293. The molecule has 8 unspecified atom stereocenters. The highest BCUT2D eigenvalue weighted by atomic mass is 16.5. The fraction of sp³-hybridized carbons (Fsp3) is 0.467. The summed E-state index contributed by atoms with van der Waals surface area (Å²) >= 11 is 0. The summed E-state index contributed by atoms with van der Waals surface area (Å²) in [6, 6.07) is 26.7. The van der Waals surface area contributed by atoms with Crippen molar-refractivity contribution in [2.75, 3.05) is 33.2 Å². The van der Waals surface area contributed by atoms with E-state index in [9.17, 15) is 30.6 Å². The highest BCUT2D eigenvalue weighted by Gasteiger charge is 2.63. The van der Waals surface area contributed by atoms with E-state index in [-0.39, 0.29) is 91.2 Å². The number of aromatic nitrogens is 1. The van der Waals surface area contributed by atoms with Crippen LogP contribution in [0, 0.1) is 35.5 Å². The van der Waals surface area contributed by atoms with Gasteiger partial charge in [0, 0.05) is 89.1 Å². The van der Waals surface area contributed by atoms with Crippen molar-refractivity contribution in [3.8, 4) is 34.8 Å². The predicted octanol–water partition coefficient (Wildman–Crippen LogP) is 11.7. The average Bonchev–Trinajstić information content (AvgIpc) is 1.29. The van der Waals surface area contributed by atoms with Crippen molar-refractivity contribution in [1.82, 2.24) is 15.2 Å². The van der Waals surface area contributed by atoms with Crippen molar-refractivity contribution < 1.29 is 49.6 Å². The average molecular weight is 1190 g/mol. The molecular weight excluding hydrogens is 1100 g/mol. The predicted molar refractivity (Wildman–Crippen MR) is 340 cm³/mol. The zero-order chi connectivity index (χ0) is 59.9. The third-order valence-corrected chi connectivity index (χ3v) is 21.3. The van der Waals surface area contributed by atoms with Crippen LogP contribution in [0.25, 0.3) is 22.7 Å². The van der Waals surface area contributed by atoms with Crippen LogP contribution in [-0.4, -0.2) is 92.3 Å². The second-order valence-electron chi connectivity index (χ2n) is 26.5. The molecule has 9 aliphatic rings. The summed E-state index contributed by atoms with van der Waals surface area (Å²) in [4.78, 5) is 0. The molecule has 1 saturated carbocycles. The molecule has 8 bridgehead atoms. The Kier molecular flexibility index (Phi) is 16.8. The van der Waals surface area contributed by atoms with Crippen molar-refractivity contribution in [1.29, 1.82) is 0 Å². The van der Waals surface area contributed by atoms with E-state index in [1.54, 1.807) is 24.3 Å². The lowest BCUT2D eigenvalue weighted by Gasteiger charge is -2.63. The van der Waals surface area contributed by atoms with Gasteiger partial charge in [-0.05, 0) is 188 Å². The number of aliphatic hydroxyl groups excluding tert-OH is 3. The van der Waals surface area contributed by atoms with Gasteiger partial charge >= 0.3 is 0 Å². The van der Waals surface area contributed by atoms with Crippen LogP contribution < -0.4 is 15.4 Å². The van der Waals surface area contributed by atoms with Gasteiger partial charge in [-0.15, -0.1) is 0 Å². The number of phenols is 3. The summed E-state index contributed by atoms with van der Waals surface area (Å²) in [5.41, 5.74) is 13.1. The highest BCUT2D eigenvalue weighted by Crippen LogP contribution is 2.64. The monoisotopic (exact) mass is 1190 g/mol. The molecule has 8 atom stereocenters. The molecule has 5 aromatic carbocycles. The minimum atomic E-state index is -0.775. The maximum Gasteiger partial charge on any atom is 0.168 e. The van der Waals surface area contributed by atoms with Gasteiger partial charge in [-0.25, -0.2) is 0 Å². The third kappa shape index (κ3) is 11.3. The summed E-state index contributed by atoms with van der Waals surface area (Å²) in [6.07, 6.45) is 25.7. The van der Waals surface area contributed by atoms with E-state index in [4.69, 9.17) is 18.9 Å². The molecule has 6 heterocycles. The number of hydrogen-bond acceptors (Lipinski definition) is 12. The number of dihydropyridines is 1. The number of benzene rings is 5. The van der Waals surface area contributed by atoms with Gasteiger partial charge < -0.3 is 59.5 Å². The normalized spacial score (nSPS) is 26.1. The molecule has 460 valence electrons. The summed E-state index contributed by atoms with van der Waals surface area (Å²) in [5, 5.41) is 75.6. The Bertz CT molecular complexity index is 3730. The molecule has 1 saturated heterocycles. The molecule has 15 rings (SSSR count). The first kappa shape index (κ1) is 58.8. The zero-order valence-electron chi connectivity index (χ0n) is 50.6. The van der Waals surface area contributed by atoms with Gasteiger partial charge in [0.05, 0.1) is 44.4 Å². The van der Waals surface area contributed by atoms with E-state index >= 15 is 0 Å². The first-order valence-electron chi connectivity index (χ1n) is 32.8. The summed E-state index contributed by atoms with van der Waals surface area (Å²) < 4.78 is 29.9. The number of nitrogens with zero attached hydrogens (tertiary/aromatic N) is 1. The van der Waals surface area contributed by atoms with E-state index in [1.165, 1.54) is 41.5 Å². The van der Waals surface area contributed by atoms with E-state index in [0.29, 0.717) is 50.0 Å². The van der Waals surface area contributed by atoms with Crippen molar-refractivity contribution >= 4 is 22.7 Å². The number of phenolic OH excluding ortho intramolecular Hbond substituents is 3. The van der Waals surface area contributed by atoms with Crippen molar-refractivity contribution in [2.45, 2.75) is 165 Å². The van der Waals surface area contributed by atoms with Gasteiger partial charge in [0.1, 0.15) is 30.1 Å². The Balaban J connectivity index is 0.916. The zero-order valence-corrected chi connectivity index (χ0v) is 50.6. The second-order valence-corrected chi connectivity index (χ2v) is 26.5. The number of aliphatic hydroxyl groups is 3. The van der Waals surface area contributed by atoms with Crippen LogP contribution in [0.2, 0.25) is 0 Å². The maximum atomic E-state index is 12.4. The standard InChI is InChI=1S/C75H85N3O10/c79-29-4-5-30-85-46-76-70-38-52-19-17-47(15-16-48-18-25-66(82)54(31-48)32-49-10-6-13-60(81)33-49)9-7-14-61-39-67(83)53-21-24-62-63(36-53)56(42-80)37-68(84)72(62)87-43-57-35-59(34-55-40-78(41-64(55)57)73(77-70)65(52)45-86-61)75-58-23-20-50-11-8-12-51(71(50)75)22-26-69(75)74(88-44-58)27-2-1-3-28-74/h6,8,10-13,18,21,24-25,31,33-35,37-38,40-41,47,53,58,61,67,69-70,76-77,79-84H,1-5,7,9,14-16,20,22-23,26-30,32,36,39,42-46H2. The van der Waals surface area contributed by atoms with Crippen LogP contribution in [0.5, 0.6) is 23.0 Å². The van der Waals surface area contributed by atoms with Crippen LogP contribution in [-0.2, 0) is 64.9 Å². The number of aryl methyl sites for hydroxylation is 3. The van der Waals surface area contributed by atoms with Crippen LogP contribution in [0.15, 0.2) is 115 Å². The van der Waals surface area contributed by atoms with Crippen LogP contribution in [0.4, 0.5) is 0 Å². The lowest BCUT2D eigenvalue weighted by atomic mass is 9.45. The molecule has 88 heavy (non-hydrogen) atoms. The molecule has 6 aromatic rings. The van der Waals surface area contributed by atoms with Crippen molar-refractivity contribution in [3.63, 3.8) is 0 Å². The number of ether oxygens (including phenoxy) is 4. The first-order chi connectivity index (χ1) is 43.1. The van der Waals surface area contributed by atoms with Gasteiger partial charge in [-0.1, -0.05) is 91.8 Å². The molecule has 2 fully saturated rings. The van der Waals surface area contributed by atoms with E-state index in [1.807, 2.05) is 30.4 Å². The van der Waals surface area contributed by atoms with E-state index in [0.717, 1.165) is 138 Å². The minimum Gasteiger partial charge on any atom is -0.508 e. The molecule has 0 amide bonds.